The standard InChI is InChI=1S/C24H23N5OS/c1-16-25-22(15-23(26-16)29(2)3)27-19-10-12-20(13-11-19)28-24(30)18-8-6-17(7-9-18)21-5-4-14-31-21/h4-15H,1-3H3,(H,28,30)(H,25,26,27). The van der Waals surface area contributed by atoms with Crippen LogP contribution in [0.5, 0.6) is 0 Å². The predicted octanol–water partition coefficient (Wildman–Crippen LogP) is 5.58. The van der Waals surface area contributed by atoms with Gasteiger partial charge in [-0.15, -0.1) is 11.3 Å². The Bertz CT molecular complexity index is 1170. The Labute approximate surface area is 185 Å². The van der Waals surface area contributed by atoms with Gasteiger partial charge in [0.05, 0.1) is 0 Å². The molecule has 0 aliphatic heterocycles. The predicted molar refractivity (Wildman–Crippen MR) is 129 cm³/mol. The van der Waals surface area contributed by atoms with E-state index in [-0.39, 0.29) is 5.91 Å². The Morgan fingerprint density at radius 3 is 2.29 bits per heavy atom. The Morgan fingerprint density at radius 2 is 1.65 bits per heavy atom. The summed E-state index contributed by atoms with van der Waals surface area (Å²) in [7, 11) is 3.89. The lowest BCUT2D eigenvalue weighted by molar-refractivity contribution is 0.102. The van der Waals surface area contributed by atoms with E-state index in [9.17, 15) is 4.79 Å². The molecule has 0 aliphatic carbocycles. The van der Waals surface area contributed by atoms with Gasteiger partial charge in [-0.25, -0.2) is 9.97 Å². The second-order valence-electron chi connectivity index (χ2n) is 7.26. The Morgan fingerprint density at radius 1 is 0.935 bits per heavy atom. The minimum atomic E-state index is -0.138. The highest BCUT2D eigenvalue weighted by atomic mass is 32.1. The van der Waals surface area contributed by atoms with Crippen LogP contribution in [0, 0.1) is 6.92 Å². The van der Waals surface area contributed by atoms with Crippen molar-refractivity contribution in [2.45, 2.75) is 6.92 Å². The molecule has 4 aromatic rings. The normalized spacial score (nSPS) is 10.5. The van der Waals surface area contributed by atoms with Gasteiger partial charge in [0, 0.05) is 42.0 Å². The van der Waals surface area contributed by atoms with E-state index in [4.69, 9.17) is 0 Å². The van der Waals surface area contributed by atoms with Crippen LogP contribution in [0.1, 0.15) is 16.2 Å². The number of carbonyl (C=O) groups is 1. The average Bonchev–Trinajstić information content (AvgIpc) is 3.30. The number of benzene rings is 2. The number of nitrogens with zero attached hydrogens (tertiary/aromatic N) is 3. The Balaban J connectivity index is 1.41. The number of aromatic nitrogens is 2. The first-order valence-electron chi connectivity index (χ1n) is 9.83. The minimum Gasteiger partial charge on any atom is -0.363 e. The third-order valence-electron chi connectivity index (χ3n) is 4.65. The van der Waals surface area contributed by atoms with E-state index in [0.29, 0.717) is 11.4 Å². The van der Waals surface area contributed by atoms with Gasteiger partial charge in [-0.2, -0.15) is 0 Å². The van der Waals surface area contributed by atoms with E-state index in [2.05, 4.69) is 26.7 Å². The lowest BCUT2D eigenvalue weighted by Crippen LogP contribution is -2.12. The fourth-order valence-electron chi connectivity index (χ4n) is 3.06. The van der Waals surface area contributed by atoms with Crippen LogP contribution < -0.4 is 15.5 Å². The molecule has 156 valence electrons. The number of hydrogen-bond donors (Lipinski definition) is 2. The molecule has 6 nitrogen and oxygen atoms in total. The highest BCUT2D eigenvalue weighted by Crippen LogP contribution is 2.25. The number of hydrogen-bond acceptors (Lipinski definition) is 6. The van der Waals surface area contributed by atoms with Crippen LogP contribution in [0.4, 0.5) is 23.0 Å². The van der Waals surface area contributed by atoms with E-state index in [1.165, 1.54) is 4.88 Å². The fraction of sp³-hybridized carbons (Fsp3) is 0.125. The van der Waals surface area contributed by atoms with Gasteiger partial charge in [0.25, 0.3) is 5.91 Å². The molecule has 2 aromatic carbocycles. The number of rotatable bonds is 6. The molecular formula is C24H23N5OS. The SMILES string of the molecule is Cc1nc(Nc2ccc(NC(=O)c3ccc(-c4cccs4)cc3)cc2)cc(N(C)C)n1. The maximum atomic E-state index is 12.6. The molecule has 0 saturated carbocycles. The molecule has 2 heterocycles. The van der Waals surface area contributed by atoms with Gasteiger partial charge in [-0.1, -0.05) is 18.2 Å². The number of carbonyl (C=O) groups excluding carboxylic acids is 1. The first-order valence-corrected chi connectivity index (χ1v) is 10.7. The molecule has 0 radical (unpaired) electrons. The minimum absolute atomic E-state index is 0.138. The molecule has 4 rings (SSSR count). The molecule has 0 atom stereocenters. The number of anilines is 4. The van der Waals surface area contributed by atoms with Crippen molar-refractivity contribution >= 4 is 40.3 Å². The summed E-state index contributed by atoms with van der Waals surface area (Å²) in [5.74, 6) is 2.12. The number of thiophene rings is 1. The monoisotopic (exact) mass is 429 g/mol. The van der Waals surface area contributed by atoms with E-state index >= 15 is 0 Å². The highest BCUT2D eigenvalue weighted by Gasteiger charge is 2.08. The second-order valence-corrected chi connectivity index (χ2v) is 8.21. The van der Waals surface area contributed by atoms with Crippen LogP contribution in [0.15, 0.2) is 72.1 Å². The summed E-state index contributed by atoms with van der Waals surface area (Å²) >= 11 is 1.68. The van der Waals surface area contributed by atoms with Crippen molar-refractivity contribution in [3.05, 3.63) is 83.5 Å². The van der Waals surface area contributed by atoms with E-state index in [1.807, 2.05) is 92.0 Å². The molecule has 1 amide bonds. The smallest absolute Gasteiger partial charge is 0.255 e. The van der Waals surface area contributed by atoms with Crippen LogP contribution in [0.2, 0.25) is 0 Å². The number of aryl methyl sites for hydroxylation is 1. The van der Waals surface area contributed by atoms with Crippen molar-refractivity contribution in [3.8, 4) is 10.4 Å². The van der Waals surface area contributed by atoms with Crippen molar-refractivity contribution in [2.24, 2.45) is 0 Å². The quantitative estimate of drug-likeness (QED) is 0.419. The number of amides is 1. The molecule has 0 bridgehead atoms. The summed E-state index contributed by atoms with van der Waals surface area (Å²) in [6.07, 6.45) is 0. The van der Waals surface area contributed by atoms with Crippen LogP contribution in [-0.2, 0) is 0 Å². The average molecular weight is 430 g/mol. The maximum absolute atomic E-state index is 12.6. The lowest BCUT2D eigenvalue weighted by Gasteiger charge is -2.14. The van der Waals surface area contributed by atoms with Crippen LogP contribution >= 0.6 is 11.3 Å². The molecule has 0 saturated heterocycles. The molecule has 2 N–H and O–H groups in total. The molecule has 7 heteroatoms. The molecule has 0 aliphatic rings. The van der Waals surface area contributed by atoms with Crippen LogP contribution in [0.25, 0.3) is 10.4 Å². The Kier molecular flexibility index (Phi) is 5.95. The summed E-state index contributed by atoms with van der Waals surface area (Å²) in [5.41, 5.74) is 3.33. The van der Waals surface area contributed by atoms with Crippen LogP contribution in [0.3, 0.4) is 0 Å². The summed E-state index contributed by atoms with van der Waals surface area (Å²) < 4.78 is 0. The largest absolute Gasteiger partial charge is 0.363 e. The first-order chi connectivity index (χ1) is 15.0. The molecule has 0 spiro atoms. The summed E-state index contributed by atoms with van der Waals surface area (Å²) in [6, 6.07) is 21.2. The topological polar surface area (TPSA) is 70.2 Å². The van der Waals surface area contributed by atoms with Gasteiger partial charge in [0.1, 0.15) is 17.5 Å². The number of nitrogens with one attached hydrogen (secondary N) is 2. The van der Waals surface area contributed by atoms with Gasteiger partial charge in [0.15, 0.2) is 0 Å². The molecule has 0 fully saturated rings. The zero-order chi connectivity index (χ0) is 21.8. The van der Waals surface area contributed by atoms with Crippen molar-refractivity contribution in [1.82, 2.24) is 9.97 Å². The molecular weight excluding hydrogens is 406 g/mol. The third-order valence-corrected chi connectivity index (χ3v) is 5.57. The van der Waals surface area contributed by atoms with Crippen molar-refractivity contribution in [2.75, 3.05) is 29.6 Å². The van der Waals surface area contributed by atoms with Crippen molar-refractivity contribution in [3.63, 3.8) is 0 Å². The second kappa shape index (κ2) is 8.97. The first kappa shape index (κ1) is 20.6. The summed E-state index contributed by atoms with van der Waals surface area (Å²) in [6.45, 7) is 1.86. The van der Waals surface area contributed by atoms with Gasteiger partial charge in [0.2, 0.25) is 0 Å². The van der Waals surface area contributed by atoms with Gasteiger partial charge in [-0.05, 0) is 60.3 Å². The maximum Gasteiger partial charge on any atom is 0.255 e. The lowest BCUT2D eigenvalue weighted by atomic mass is 10.1. The molecule has 31 heavy (non-hydrogen) atoms. The zero-order valence-electron chi connectivity index (χ0n) is 17.6. The van der Waals surface area contributed by atoms with Gasteiger partial charge < -0.3 is 15.5 Å². The van der Waals surface area contributed by atoms with Gasteiger partial charge >= 0.3 is 0 Å². The van der Waals surface area contributed by atoms with E-state index in [0.717, 1.165) is 28.6 Å². The van der Waals surface area contributed by atoms with Crippen LogP contribution in [-0.4, -0.2) is 30.0 Å². The third kappa shape index (κ3) is 5.07. The van der Waals surface area contributed by atoms with Gasteiger partial charge in [-0.3, -0.25) is 4.79 Å². The zero-order valence-corrected chi connectivity index (χ0v) is 18.4. The fourth-order valence-corrected chi connectivity index (χ4v) is 3.79. The molecule has 2 aromatic heterocycles. The van der Waals surface area contributed by atoms with Crippen molar-refractivity contribution in [1.29, 1.82) is 0 Å². The van der Waals surface area contributed by atoms with E-state index in [1.54, 1.807) is 11.3 Å². The van der Waals surface area contributed by atoms with Crippen molar-refractivity contribution < 1.29 is 4.79 Å². The molecule has 0 unspecified atom stereocenters. The Hall–Kier alpha value is -3.71. The highest BCUT2D eigenvalue weighted by molar-refractivity contribution is 7.13. The summed E-state index contributed by atoms with van der Waals surface area (Å²) in [5, 5.41) is 8.27. The summed E-state index contributed by atoms with van der Waals surface area (Å²) in [4.78, 5) is 24.5. The van der Waals surface area contributed by atoms with E-state index < -0.39 is 0 Å².